The first-order valence-electron chi connectivity index (χ1n) is 0. The smallest absolute Gasteiger partial charge is 2.00 e. The molecule has 0 unspecified atom stereocenters. The van der Waals surface area contributed by atoms with Crippen LogP contribution in [-0.4, -0.2) is 0 Å². The summed E-state index contributed by atoms with van der Waals surface area (Å²) in [6.45, 7) is 0. The maximum Gasteiger partial charge on any atom is 4.00 e. The molecule has 0 aromatic heterocycles. The van der Waals surface area contributed by atoms with Crippen LogP contribution in [0.1, 0.15) is 0 Å². The zero-order valence-corrected chi connectivity index (χ0v) is 7.98. The van der Waals surface area contributed by atoms with Crippen LogP contribution in [-0.2, 0) is 87.2 Å². The molecule has 0 bridgehead atoms. The van der Waals surface area contributed by atoms with E-state index in [-0.39, 0.29) is 87.2 Å². The van der Waals surface area contributed by atoms with Crippen molar-refractivity contribution in [2.75, 3.05) is 0 Å². The first kappa shape index (κ1) is 249. The number of rotatable bonds is 0. The molecule has 0 atom stereocenters. The van der Waals surface area contributed by atoms with Gasteiger partial charge in [-0.3, -0.25) is 0 Å². The summed E-state index contributed by atoms with van der Waals surface area (Å²) in [4.78, 5) is 0. The summed E-state index contributed by atoms with van der Waals surface area (Å²) in [6, 6.07) is 0. The van der Waals surface area contributed by atoms with E-state index in [1.807, 2.05) is 0 Å². The summed E-state index contributed by atoms with van der Waals surface area (Å²) in [6.07, 6.45) is 0. The molecule has 0 N–H and O–H groups in total. The van der Waals surface area contributed by atoms with Crippen molar-refractivity contribution in [3.05, 3.63) is 0 Å². The van der Waals surface area contributed by atoms with Gasteiger partial charge in [0.15, 0.2) is 0 Å². The summed E-state index contributed by atoms with van der Waals surface area (Å²) in [7, 11) is 0. The van der Waals surface area contributed by atoms with Crippen molar-refractivity contribution in [1.29, 1.82) is 0 Å². The minimum atomic E-state index is 0. The number of hydrogen-bond donors (Lipinski definition) is 0. The predicted octanol–water partition coefficient (Wildman–Crippen LogP) is -0.601. The molecule has 0 saturated carbocycles. The van der Waals surface area contributed by atoms with Gasteiger partial charge in [0.25, 0.3) is 0 Å². The van der Waals surface area contributed by atoms with E-state index in [0.29, 0.717) is 0 Å². The Hall–Kier alpha value is 1.72. The normalized spacial score (nSPS) is 0. The molecule has 0 spiro atoms. The third-order valence-electron chi connectivity index (χ3n) is 0. The van der Waals surface area contributed by atoms with E-state index in [1.54, 1.807) is 0 Å². The van der Waals surface area contributed by atoms with Crippen LogP contribution >= 0.6 is 0 Å². The zero-order chi connectivity index (χ0) is 0. The van der Waals surface area contributed by atoms with E-state index < -0.39 is 0 Å². The molecule has 0 saturated heterocycles. The minimum absolute atomic E-state index is 0. The Bertz CT molecular complexity index is 12.4. The summed E-state index contributed by atoms with van der Waals surface area (Å²) >= 11 is 0. The molecule has 0 aliphatic carbocycles. The molecule has 0 aromatic carbocycles. The molecular weight excluding hydrogens is 280 g/mol. The summed E-state index contributed by atoms with van der Waals surface area (Å²) < 4.78 is 0. The molecule has 0 rings (SSSR count). The first-order valence-corrected chi connectivity index (χ1v) is 0. The van der Waals surface area contributed by atoms with E-state index in [2.05, 4.69) is 0 Å². The van der Waals surface area contributed by atoms with E-state index in [4.69, 9.17) is 0 Å². The number of hydrogen-bond acceptors (Lipinski definition) is 0. The van der Waals surface area contributed by atoms with Crippen molar-refractivity contribution in [1.82, 2.24) is 0 Å². The van der Waals surface area contributed by atoms with Gasteiger partial charge in [-0.1, -0.05) is 0 Å². The second kappa shape index (κ2) is 175. The Morgan fingerprint density at radius 3 is 0.500 bits per heavy atom. The fraction of sp³-hybridized carbons (Fsp3) is 0. The van der Waals surface area contributed by atoms with Crippen molar-refractivity contribution >= 4 is 0 Å². The van der Waals surface area contributed by atoms with Crippen LogP contribution in [0, 0.1) is 0 Å². The van der Waals surface area contributed by atoms with Gasteiger partial charge < -0.3 is 27.4 Å². The first-order chi connectivity index (χ1) is 0. The molecule has 8 heteroatoms. The third-order valence-corrected chi connectivity index (χ3v) is 0. The SMILES string of the molecule is [Fe+2].[Mo+4].[O-2].[O-2].[O-2].[O-2].[O-2].[Ti+4]. The van der Waals surface area contributed by atoms with E-state index in [1.165, 1.54) is 0 Å². The van der Waals surface area contributed by atoms with Crippen molar-refractivity contribution in [2.24, 2.45) is 0 Å². The van der Waals surface area contributed by atoms with Crippen LogP contribution in [0.15, 0.2) is 0 Å². The van der Waals surface area contributed by atoms with Gasteiger partial charge in [0, 0.05) is 0 Å². The average Bonchev–Trinajstić information content (AvgIpc) is 0. The monoisotopic (exact) mass is 282 g/mol. The van der Waals surface area contributed by atoms with Crippen LogP contribution in [0.2, 0.25) is 0 Å². The predicted molar refractivity (Wildman–Crippen MR) is 3.43 cm³/mol. The maximum absolute atomic E-state index is 0. The van der Waals surface area contributed by atoms with Crippen LogP contribution in [0.25, 0.3) is 0 Å². The van der Waals surface area contributed by atoms with Crippen LogP contribution < -0.4 is 0 Å². The molecule has 0 aliphatic rings. The maximum atomic E-state index is 0. The molecule has 0 heterocycles. The average molecular weight is 280 g/mol. The fourth-order valence-electron chi connectivity index (χ4n) is 0. The molecular formula is FeMoO5Ti. The van der Waals surface area contributed by atoms with Crippen LogP contribution in [0.4, 0.5) is 0 Å². The quantitative estimate of drug-likeness (QED) is 0.522. The minimum Gasteiger partial charge on any atom is -2.00 e. The molecule has 0 aliphatic heterocycles. The fourth-order valence-corrected chi connectivity index (χ4v) is 0. The Labute approximate surface area is 86.8 Å². The summed E-state index contributed by atoms with van der Waals surface area (Å²) in [5, 5.41) is 0. The Morgan fingerprint density at radius 1 is 0.500 bits per heavy atom. The summed E-state index contributed by atoms with van der Waals surface area (Å²) in [5.41, 5.74) is 0. The molecule has 0 fully saturated rings. The molecule has 8 heavy (non-hydrogen) atoms. The van der Waals surface area contributed by atoms with Gasteiger partial charge >= 0.3 is 59.9 Å². The van der Waals surface area contributed by atoms with E-state index in [9.17, 15) is 0 Å². The largest absolute Gasteiger partial charge is 4.00 e. The molecule has 48 valence electrons. The van der Waals surface area contributed by atoms with Gasteiger partial charge in [0.05, 0.1) is 0 Å². The topological polar surface area (TPSA) is 142 Å². The van der Waals surface area contributed by atoms with Gasteiger partial charge in [0.2, 0.25) is 0 Å². The van der Waals surface area contributed by atoms with E-state index in [0.717, 1.165) is 0 Å². The standard InChI is InChI=1S/Fe.Mo.5O.Ti/q+2;+4;5*-2;+4. The van der Waals surface area contributed by atoms with Crippen molar-refractivity contribution in [2.45, 2.75) is 0 Å². The van der Waals surface area contributed by atoms with Crippen molar-refractivity contribution < 1.29 is 87.2 Å². The molecule has 5 nitrogen and oxygen atoms in total. The van der Waals surface area contributed by atoms with E-state index >= 15 is 0 Å². The van der Waals surface area contributed by atoms with Crippen molar-refractivity contribution in [3.8, 4) is 0 Å². The van der Waals surface area contributed by atoms with Crippen molar-refractivity contribution in [3.63, 3.8) is 0 Å². The summed E-state index contributed by atoms with van der Waals surface area (Å²) in [5.74, 6) is 0. The van der Waals surface area contributed by atoms with Gasteiger partial charge in [-0.15, -0.1) is 0 Å². The Kier molecular flexibility index (Phi) is 5470. The second-order valence-electron chi connectivity index (χ2n) is 0. The van der Waals surface area contributed by atoms with Gasteiger partial charge in [-0.25, -0.2) is 0 Å². The molecule has 0 aromatic rings. The molecule has 0 amide bonds. The second-order valence-corrected chi connectivity index (χ2v) is 0. The van der Waals surface area contributed by atoms with Gasteiger partial charge in [-0.2, -0.15) is 0 Å². The Morgan fingerprint density at radius 2 is 0.500 bits per heavy atom. The zero-order valence-electron chi connectivity index (χ0n) is 3.30. The van der Waals surface area contributed by atoms with Gasteiger partial charge in [-0.05, 0) is 0 Å². The molecule has 0 radical (unpaired) electrons. The van der Waals surface area contributed by atoms with Crippen LogP contribution in [0.3, 0.4) is 0 Å². The van der Waals surface area contributed by atoms with Gasteiger partial charge in [0.1, 0.15) is 0 Å². The van der Waals surface area contributed by atoms with Crippen LogP contribution in [0.5, 0.6) is 0 Å². The Balaban J connectivity index is 0. The third kappa shape index (κ3) is 118.